The molecule has 1 aromatic carbocycles. The van der Waals surface area contributed by atoms with Crippen LogP contribution in [0.2, 0.25) is 0 Å². The Bertz CT molecular complexity index is 928. The van der Waals surface area contributed by atoms with Gasteiger partial charge in [0, 0.05) is 9.86 Å². The Morgan fingerprint density at radius 2 is 2.17 bits per heavy atom. The fraction of sp³-hybridized carbons (Fsp3) is 0.188. The summed E-state index contributed by atoms with van der Waals surface area (Å²) in [5.74, 6) is -0.796. The molecule has 0 aliphatic rings. The summed E-state index contributed by atoms with van der Waals surface area (Å²) in [6.07, 6.45) is 1.31. The third-order valence-corrected chi connectivity index (χ3v) is 3.84. The summed E-state index contributed by atoms with van der Waals surface area (Å²) < 4.78 is 16.2. The average Bonchev–Trinajstić information content (AvgIpc) is 3.12. The van der Waals surface area contributed by atoms with Gasteiger partial charge in [0.2, 0.25) is 5.76 Å². The van der Waals surface area contributed by atoms with Crippen molar-refractivity contribution >= 4 is 44.5 Å². The minimum Gasteiger partial charge on any atom is -0.460 e. The molecule has 1 amide bonds. The summed E-state index contributed by atoms with van der Waals surface area (Å²) in [5.41, 5.74) is 0.975. The van der Waals surface area contributed by atoms with Gasteiger partial charge in [0.25, 0.3) is 5.91 Å². The zero-order chi connectivity index (χ0) is 17.3. The second kappa shape index (κ2) is 6.48. The smallest absolute Gasteiger partial charge is 0.376 e. The van der Waals surface area contributed by atoms with Crippen molar-refractivity contribution in [1.29, 1.82) is 0 Å². The summed E-state index contributed by atoms with van der Waals surface area (Å²) in [4.78, 5) is 24.6. The topological polar surface area (TPSA) is 94.6 Å². The van der Waals surface area contributed by atoms with E-state index in [1.807, 2.05) is 0 Å². The molecule has 0 bridgehead atoms. The molecule has 2 aromatic heterocycles. The number of amides is 1. The summed E-state index contributed by atoms with van der Waals surface area (Å²) >= 11 is 3.36. The maximum Gasteiger partial charge on any atom is 0.376 e. The summed E-state index contributed by atoms with van der Waals surface area (Å²) in [7, 11) is 0. The number of rotatable bonds is 4. The molecule has 7 nitrogen and oxygen atoms in total. The van der Waals surface area contributed by atoms with E-state index in [2.05, 4.69) is 26.4 Å². The van der Waals surface area contributed by atoms with Crippen molar-refractivity contribution in [2.45, 2.75) is 13.8 Å². The van der Waals surface area contributed by atoms with Crippen LogP contribution in [0.4, 0.5) is 5.69 Å². The van der Waals surface area contributed by atoms with Gasteiger partial charge in [-0.25, -0.2) is 4.79 Å². The van der Waals surface area contributed by atoms with Gasteiger partial charge in [0.05, 0.1) is 12.8 Å². The average molecular weight is 393 g/mol. The maximum atomic E-state index is 12.4. The molecule has 0 unspecified atom stereocenters. The standard InChI is InChI=1S/C16H13BrN2O5/c1-3-22-16(21)14-13(10-6-9(17)4-5-12(10)23-14)19-15(20)11-7-18-24-8(11)2/h4-7H,3H2,1-2H3,(H,19,20). The minimum atomic E-state index is -0.651. The number of nitrogens with one attached hydrogen (secondary N) is 1. The van der Waals surface area contributed by atoms with Crippen molar-refractivity contribution in [3.8, 4) is 0 Å². The quantitative estimate of drug-likeness (QED) is 0.676. The lowest BCUT2D eigenvalue weighted by Crippen LogP contribution is -2.15. The second-order valence-electron chi connectivity index (χ2n) is 4.92. The molecule has 3 aromatic rings. The third-order valence-electron chi connectivity index (χ3n) is 3.34. The molecule has 0 aliphatic heterocycles. The van der Waals surface area contributed by atoms with Crippen molar-refractivity contribution in [3.63, 3.8) is 0 Å². The number of aromatic nitrogens is 1. The molecule has 0 saturated heterocycles. The Kier molecular flexibility index (Phi) is 4.39. The zero-order valence-corrected chi connectivity index (χ0v) is 14.5. The highest BCUT2D eigenvalue weighted by Gasteiger charge is 2.25. The molecule has 0 fully saturated rings. The molecule has 0 atom stereocenters. The first-order chi connectivity index (χ1) is 11.5. The normalized spacial score (nSPS) is 10.8. The SMILES string of the molecule is CCOC(=O)c1oc2ccc(Br)cc2c1NC(=O)c1cnoc1C. The van der Waals surface area contributed by atoms with Crippen LogP contribution in [-0.2, 0) is 4.74 Å². The van der Waals surface area contributed by atoms with Crippen molar-refractivity contribution in [3.05, 3.63) is 46.0 Å². The monoisotopic (exact) mass is 392 g/mol. The van der Waals surface area contributed by atoms with Crippen molar-refractivity contribution in [2.24, 2.45) is 0 Å². The van der Waals surface area contributed by atoms with Crippen LogP contribution in [0.1, 0.15) is 33.6 Å². The summed E-state index contributed by atoms with van der Waals surface area (Å²) in [6.45, 7) is 3.51. The van der Waals surface area contributed by atoms with Crippen LogP contribution in [-0.4, -0.2) is 23.6 Å². The van der Waals surface area contributed by atoms with Gasteiger partial charge in [0.1, 0.15) is 22.6 Å². The Labute approximate surface area is 145 Å². The number of furan rings is 1. The number of hydrogen-bond acceptors (Lipinski definition) is 6. The van der Waals surface area contributed by atoms with E-state index >= 15 is 0 Å². The lowest BCUT2D eigenvalue weighted by Gasteiger charge is -2.05. The van der Waals surface area contributed by atoms with Crippen LogP contribution in [0.3, 0.4) is 0 Å². The molecule has 0 radical (unpaired) electrons. The highest BCUT2D eigenvalue weighted by atomic mass is 79.9. The maximum absolute atomic E-state index is 12.4. The van der Waals surface area contributed by atoms with E-state index in [0.717, 1.165) is 4.47 Å². The molecule has 3 rings (SSSR count). The van der Waals surface area contributed by atoms with E-state index in [1.54, 1.807) is 32.0 Å². The number of esters is 1. The molecule has 1 N–H and O–H groups in total. The van der Waals surface area contributed by atoms with Crippen molar-refractivity contribution in [2.75, 3.05) is 11.9 Å². The molecular weight excluding hydrogens is 380 g/mol. The van der Waals surface area contributed by atoms with Gasteiger partial charge in [-0.1, -0.05) is 21.1 Å². The van der Waals surface area contributed by atoms with Crippen LogP contribution in [0.5, 0.6) is 0 Å². The third kappa shape index (κ3) is 2.92. The van der Waals surface area contributed by atoms with Gasteiger partial charge in [0.15, 0.2) is 0 Å². The Balaban J connectivity index is 2.08. The first kappa shape index (κ1) is 16.3. The number of nitrogens with zero attached hydrogens (tertiary/aromatic N) is 1. The van der Waals surface area contributed by atoms with Crippen molar-refractivity contribution < 1.29 is 23.3 Å². The Morgan fingerprint density at radius 3 is 2.83 bits per heavy atom. The Morgan fingerprint density at radius 1 is 1.38 bits per heavy atom. The number of anilines is 1. The van der Waals surface area contributed by atoms with Crippen LogP contribution >= 0.6 is 15.9 Å². The molecule has 24 heavy (non-hydrogen) atoms. The fourth-order valence-electron chi connectivity index (χ4n) is 2.23. The van der Waals surface area contributed by atoms with Crippen LogP contribution in [0, 0.1) is 6.92 Å². The largest absolute Gasteiger partial charge is 0.460 e. The second-order valence-corrected chi connectivity index (χ2v) is 5.83. The van der Waals surface area contributed by atoms with Crippen LogP contribution < -0.4 is 5.32 Å². The lowest BCUT2D eigenvalue weighted by atomic mass is 10.2. The zero-order valence-electron chi connectivity index (χ0n) is 12.9. The Hall–Kier alpha value is -2.61. The van der Waals surface area contributed by atoms with Gasteiger partial charge in [-0.3, -0.25) is 4.79 Å². The van der Waals surface area contributed by atoms with Crippen molar-refractivity contribution in [1.82, 2.24) is 5.16 Å². The number of ether oxygens (including phenoxy) is 1. The van der Waals surface area contributed by atoms with E-state index in [1.165, 1.54) is 6.20 Å². The van der Waals surface area contributed by atoms with Crippen LogP contribution in [0.25, 0.3) is 11.0 Å². The molecule has 2 heterocycles. The summed E-state index contributed by atoms with van der Waals surface area (Å²) in [6, 6.07) is 5.22. The highest BCUT2D eigenvalue weighted by Crippen LogP contribution is 2.34. The molecule has 0 saturated carbocycles. The minimum absolute atomic E-state index is 0.0626. The van der Waals surface area contributed by atoms with E-state index < -0.39 is 11.9 Å². The number of halogens is 1. The van der Waals surface area contributed by atoms with E-state index in [4.69, 9.17) is 13.7 Å². The van der Waals surface area contributed by atoms with E-state index in [9.17, 15) is 9.59 Å². The number of fused-ring (bicyclic) bond motifs is 1. The van der Waals surface area contributed by atoms with Gasteiger partial charge >= 0.3 is 5.97 Å². The van der Waals surface area contributed by atoms with Gasteiger partial charge < -0.3 is 19.0 Å². The van der Waals surface area contributed by atoms with Gasteiger partial charge in [-0.15, -0.1) is 0 Å². The summed E-state index contributed by atoms with van der Waals surface area (Å²) in [5, 5.41) is 6.84. The number of carbonyl (C=O) groups excluding carboxylic acids is 2. The number of hydrogen-bond donors (Lipinski definition) is 1. The van der Waals surface area contributed by atoms with Crippen LogP contribution in [0.15, 0.2) is 37.8 Å². The highest BCUT2D eigenvalue weighted by molar-refractivity contribution is 9.10. The first-order valence-corrected chi connectivity index (χ1v) is 7.92. The van der Waals surface area contributed by atoms with Gasteiger partial charge in [-0.2, -0.15) is 0 Å². The number of aryl methyl sites for hydroxylation is 1. The predicted molar refractivity (Wildman–Crippen MR) is 89.1 cm³/mol. The number of carbonyl (C=O) groups is 2. The molecular formula is C16H13BrN2O5. The van der Waals surface area contributed by atoms with E-state index in [0.29, 0.717) is 16.7 Å². The molecule has 124 valence electrons. The lowest BCUT2D eigenvalue weighted by molar-refractivity contribution is 0.0494. The number of benzene rings is 1. The fourth-order valence-corrected chi connectivity index (χ4v) is 2.59. The predicted octanol–water partition coefficient (Wildman–Crippen LogP) is 3.92. The molecule has 0 aliphatic carbocycles. The van der Waals surface area contributed by atoms with Gasteiger partial charge in [-0.05, 0) is 32.0 Å². The first-order valence-electron chi connectivity index (χ1n) is 7.13. The molecule has 8 heteroatoms. The van der Waals surface area contributed by atoms with E-state index in [-0.39, 0.29) is 23.6 Å². The molecule has 0 spiro atoms.